The van der Waals surface area contributed by atoms with E-state index in [1.807, 2.05) is 0 Å². The molecule has 1 aromatic carbocycles. The lowest BCUT2D eigenvalue weighted by Crippen LogP contribution is -2.53. The highest BCUT2D eigenvalue weighted by Crippen LogP contribution is 2.21. The highest BCUT2D eigenvalue weighted by molar-refractivity contribution is 14.0. The summed E-state index contributed by atoms with van der Waals surface area (Å²) in [5.41, 5.74) is 0.561. The maximum absolute atomic E-state index is 10.6. The molecule has 0 amide bonds. The average Bonchev–Trinajstić information content (AvgIpc) is 2.67. The second-order valence-electron chi connectivity index (χ2n) is 6.82. The molecule has 0 unspecified atom stereocenters. The summed E-state index contributed by atoms with van der Waals surface area (Å²) in [5.74, 6) is 0.912. The Kier molecular flexibility index (Phi) is 8.43. The molecule has 0 atom stereocenters. The van der Waals surface area contributed by atoms with Gasteiger partial charge in [-0.3, -0.25) is 4.99 Å². The molecular formula is C19H31IN4O2. The molecule has 2 fully saturated rings. The number of hydrogen-bond acceptors (Lipinski definition) is 4. The van der Waals surface area contributed by atoms with Crippen molar-refractivity contribution in [3.63, 3.8) is 0 Å². The van der Waals surface area contributed by atoms with Crippen molar-refractivity contribution in [1.29, 1.82) is 0 Å². The molecule has 3 rings (SSSR count). The summed E-state index contributed by atoms with van der Waals surface area (Å²) in [7, 11) is 0. The lowest BCUT2D eigenvalue weighted by molar-refractivity contribution is -0.0566. The maximum Gasteiger partial charge on any atom is 0.194 e. The fourth-order valence-electron chi connectivity index (χ4n) is 3.37. The van der Waals surface area contributed by atoms with Crippen molar-refractivity contribution in [2.75, 3.05) is 57.4 Å². The summed E-state index contributed by atoms with van der Waals surface area (Å²) in [6.07, 6.45) is 1.33. The van der Waals surface area contributed by atoms with Crippen molar-refractivity contribution in [2.45, 2.75) is 25.4 Å². The molecule has 2 aliphatic rings. The van der Waals surface area contributed by atoms with Gasteiger partial charge in [0.15, 0.2) is 5.96 Å². The van der Waals surface area contributed by atoms with Gasteiger partial charge in [-0.05, 0) is 19.1 Å². The number of aliphatic hydroxyl groups is 1. The van der Waals surface area contributed by atoms with Crippen LogP contribution in [0.1, 0.15) is 19.8 Å². The van der Waals surface area contributed by atoms with Crippen molar-refractivity contribution >= 4 is 35.6 Å². The first-order valence-corrected chi connectivity index (χ1v) is 9.33. The molecule has 2 N–H and O–H groups in total. The van der Waals surface area contributed by atoms with E-state index < -0.39 is 5.60 Å². The molecule has 6 nitrogen and oxygen atoms in total. The second kappa shape index (κ2) is 10.3. The van der Waals surface area contributed by atoms with E-state index in [0.717, 1.165) is 38.7 Å². The monoisotopic (exact) mass is 474 g/mol. The topological polar surface area (TPSA) is 60.3 Å². The number of ether oxygens (including phenoxy) is 1. The van der Waals surface area contributed by atoms with E-state index in [1.54, 1.807) is 0 Å². The molecule has 7 heteroatoms. The van der Waals surface area contributed by atoms with E-state index in [-0.39, 0.29) is 24.0 Å². The maximum atomic E-state index is 10.6. The summed E-state index contributed by atoms with van der Waals surface area (Å²) in [6.45, 7) is 8.43. The quantitative estimate of drug-likeness (QED) is 0.397. The smallest absolute Gasteiger partial charge is 0.194 e. The van der Waals surface area contributed by atoms with Gasteiger partial charge in [0.2, 0.25) is 0 Å². The third-order valence-electron chi connectivity index (χ3n) is 4.98. The third kappa shape index (κ3) is 5.72. The molecule has 0 spiro atoms. The molecule has 26 heavy (non-hydrogen) atoms. The van der Waals surface area contributed by atoms with Crippen LogP contribution in [0.2, 0.25) is 0 Å². The summed E-state index contributed by atoms with van der Waals surface area (Å²) < 4.78 is 5.35. The Balaban J connectivity index is 0.00000243. The Morgan fingerprint density at radius 2 is 1.81 bits per heavy atom. The normalized spacial score (nSPS) is 20.5. The number of nitrogens with zero attached hydrogens (tertiary/aromatic N) is 3. The number of guanidine groups is 1. The second-order valence-corrected chi connectivity index (χ2v) is 6.82. The van der Waals surface area contributed by atoms with E-state index in [4.69, 9.17) is 9.73 Å². The van der Waals surface area contributed by atoms with Gasteiger partial charge in [0.25, 0.3) is 0 Å². The van der Waals surface area contributed by atoms with Crippen LogP contribution in [0.25, 0.3) is 0 Å². The van der Waals surface area contributed by atoms with Gasteiger partial charge in [0, 0.05) is 64.5 Å². The van der Waals surface area contributed by atoms with Gasteiger partial charge in [0.1, 0.15) is 0 Å². The molecule has 2 heterocycles. The summed E-state index contributed by atoms with van der Waals surface area (Å²) >= 11 is 0. The van der Waals surface area contributed by atoms with E-state index in [2.05, 4.69) is 52.4 Å². The summed E-state index contributed by atoms with van der Waals surface area (Å²) in [4.78, 5) is 9.44. The predicted molar refractivity (Wildman–Crippen MR) is 117 cm³/mol. The lowest BCUT2D eigenvalue weighted by atomic mass is 9.95. The number of para-hydroxylation sites is 1. The Hall–Kier alpha value is -1.06. The molecule has 0 aromatic heterocycles. The molecule has 146 valence electrons. The van der Waals surface area contributed by atoms with Crippen LogP contribution in [0.5, 0.6) is 0 Å². The first kappa shape index (κ1) is 21.2. The van der Waals surface area contributed by atoms with E-state index in [0.29, 0.717) is 32.6 Å². The lowest BCUT2D eigenvalue weighted by Gasteiger charge is -2.38. The Bertz CT molecular complexity index is 556. The van der Waals surface area contributed by atoms with Gasteiger partial charge in [-0.1, -0.05) is 18.2 Å². The number of nitrogens with one attached hydrogen (secondary N) is 1. The van der Waals surface area contributed by atoms with E-state index in [9.17, 15) is 5.11 Å². The number of halogens is 1. The average molecular weight is 474 g/mol. The first-order valence-electron chi connectivity index (χ1n) is 9.33. The number of piperazine rings is 1. The zero-order chi connectivity index (χ0) is 17.5. The zero-order valence-electron chi connectivity index (χ0n) is 15.6. The molecular weight excluding hydrogens is 443 g/mol. The number of anilines is 1. The van der Waals surface area contributed by atoms with Crippen molar-refractivity contribution in [1.82, 2.24) is 10.2 Å². The minimum atomic E-state index is -0.717. The van der Waals surface area contributed by atoms with Crippen molar-refractivity contribution in [2.24, 2.45) is 4.99 Å². The van der Waals surface area contributed by atoms with Crippen LogP contribution in [0, 0.1) is 0 Å². The SMILES string of the molecule is CCNC(=NCC1(O)CCOCC1)N1CCN(c2ccccc2)CC1.I. The van der Waals surface area contributed by atoms with Crippen LogP contribution < -0.4 is 10.2 Å². The highest BCUT2D eigenvalue weighted by Gasteiger charge is 2.30. The predicted octanol–water partition coefficient (Wildman–Crippen LogP) is 1.93. The van der Waals surface area contributed by atoms with Gasteiger partial charge in [-0.15, -0.1) is 24.0 Å². The van der Waals surface area contributed by atoms with Crippen LogP contribution in [-0.4, -0.2) is 74.0 Å². The minimum Gasteiger partial charge on any atom is -0.388 e. The van der Waals surface area contributed by atoms with E-state index >= 15 is 0 Å². The number of hydrogen-bond donors (Lipinski definition) is 2. The first-order chi connectivity index (χ1) is 12.2. The Morgan fingerprint density at radius 1 is 1.15 bits per heavy atom. The van der Waals surface area contributed by atoms with Crippen molar-refractivity contribution in [3.05, 3.63) is 30.3 Å². The molecule has 1 aromatic rings. The fourth-order valence-corrected chi connectivity index (χ4v) is 3.37. The van der Waals surface area contributed by atoms with Gasteiger partial charge in [-0.2, -0.15) is 0 Å². The van der Waals surface area contributed by atoms with Gasteiger partial charge >= 0.3 is 0 Å². The number of aliphatic imine (C=N–C) groups is 1. The third-order valence-corrected chi connectivity index (χ3v) is 4.98. The number of benzene rings is 1. The van der Waals surface area contributed by atoms with Gasteiger partial charge in [0.05, 0.1) is 12.1 Å². The molecule has 2 saturated heterocycles. The summed E-state index contributed by atoms with van der Waals surface area (Å²) in [6, 6.07) is 10.5. The Labute approximate surface area is 173 Å². The molecule has 0 saturated carbocycles. The molecule has 2 aliphatic heterocycles. The van der Waals surface area contributed by atoms with Gasteiger partial charge < -0.3 is 25.0 Å². The highest BCUT2D eigenvalue weighted by atomic mass is 127. The van der Waals surface area contributed by atoms with E-state index in [1.165, 1.54) is 5.69 Å². The summed E-state index contributed by atoms with van der Waals surface area (Å²) in [5, 5.41) is 14.0. The van der Waals surface area contributed by atoms with Crippen molar-refractivity contribution in [3.8, 4) is 0 Å². The largest absolute Gasteiger partial charge is 0.388 e. The van der Waals surface area contributed by atoms with Crippen LogP contribution >= 0.6 is 24.0 Å². The van der Waals surface area contributed by atoms with Crippen LogP contribution in [0.3, 0.4) is 0 Å². The van der Waals surface area contributed by atoms with Crippen LogP contribution in [0.4, 0.5) is 5.69 Å². The van der Waals surface area contributed by atoms with Crippen molar-refractivity contribution < 1.29 is 9.84 Å². The van der Waals surface area contributed by atoms with Crippen LogP contribution in [0.15, 0.2) is 35.3 Å². The van der Waals surface area contributed by atoms with Gasteiger partial charge in [-0.25, -0.2) is 0 Å². The van der Waals surface area contributed by atoms with Crippen LogP contribution in [-0.2, 0) is 4.74 Å². The zero-order valence-corrected chi connectivity index (χ0v) is 17.9. The fraction of sp³-hybridized carbons (Fsp3) is 0.632. The minimum absolute atomic E-state index is 0. The molecule has 0 aliphatic carbocycles. The molecule has 0 radical (unpaired) electrons. The Morgan fingerprint density at radius 3 is 2.42 bits per heavy atom. The standard InChI is InChI=1S/C19H30N4O2.HI/c1-2-20-18(21-16-19(24)8-14-25-15-9-19)23-12-10-22(11-13-23)17-6-4-3-5-7-17;/h3-7,24H,2,8-16H2,1H3,(H,20,21);1H. The number of rotatable bonds is 4. The molecule has 0 bridgehead atoms.